The first-order valence-corrected chi connectivity index (χ1v) is 7.07. The molecule has 1 amide bonds. The molecule has 0 aliphatic heterocycles. The highest BCUT2D eigenvalue weighted by Gasteiger charge is 2.27. The lowest BCUT2D eigenvalue weighted by atomic mass is 9.95. The summed E-state index contributed by atoms with van der Waals surface area (Å²) in [6.45, 7) is 0.592. The Balaban J connectivity index is 2.08. The first-order chi connectivity index (χ1) is 9.38. The topological polar surface area (TPSA) is 50.4 Å². The van der Waals surface area contributed by atoms with Crippen molar-refractivity contribution in [1.29, 1.82) is 0 Å². The fourth-order valence-electron chi connectivity index (χ4n) is 2.20. The van der Waals surface area contributed by atoms with E-state index in [9.17, 15) is 18.0 Å². The third-order valence-corrected chi connectivity index (χ3v) is 3.31. The molecule has 0 aromatic carbocycles. The van der Waals surface area contributed by atoms with Crippen LogP contribution >= 0.6 is 0 Å². The average molecular weight is 296 g/mol. The Bertz CT molecular complexity index is 292. The lowest BCUT2D eigenvalue weighted by molar-refractivity contribution is -0.173. The van der Waals surface area contributed by atoms with Crippen LogP contribution in [0.5, 0.6) is 0 Å². The summed E-state index contributed by atoms with van der Waals surface area (Å²) in [6, 6.07) is -0.187. The Labute approximate surface area is 117 Å². The van der Waals surface area contributed by atoms with E-state index in [1.165, 1.54) is 6.42 Å². The summed E-state index contributed by atoms with van der Waals surface area (Å²) >= 11 is 0. The SMILES string of the molecule is CC(NCCOCC(F)(F)F)C(=O)NC1CCCCC1. The summed E-state index contributed by atoms with van der Waals surface area (Å²) in [7, 11) is 0. The van der Waals surface area contributed by atoms with Gasteiger partial charge in [0.05, 0.1) is 12.6 Å². The van der Waals surface area contributed by atoms with E-state index in [1.807, 2.05) is 0 Å². The minimum absolute atomic E-state index is 0.0689. The highest BCUT2D eigenvalue weighted by molar-refractivity contribution is 5.81. The number of carbonyl (C=O) groups is 1. The molecule has 1 atom stereocenters. The van der Waals surface area contributed by atoms with Crippen LogP contribution in [0.3, 0.4) is 0 Å². The van der Waals surface area contributed by atoms with Crippen LogP contribution in [0.25, 0.3) is 0 Å². The van der Waals surface area contributed by atoms with Crippen molar-refractivity contribution in [3.63, 3.8) is 0 Å². The second-order valence-corrected chi connectivity index (χ2v) is 5.19. The number of hydrogen-bond donors (Lipinski definition) is 2. The van der Waals surface area contributed by atoms with Gasteiger partial charge in [0.2, 0.25) is 5.91 Å². The first kappa shape index (κ1) is 17.2. The third kappa shape index (κ3) is 7.69. The van der Waals surface area contributed by atoms with Gasteiger partial charge >= 0.3 is 6.18 Å². The van der Waals surface area contributed by atoms with Gasteiger partial charge in [0.25, 0.3) is 0 Å². The quantitative estimate of drug-likeness (QED) is 0.706. The standard InChI is InChI=1S/C13H23F3N2O2/c1-10(17-7-8-20-9-13(14,15)16)12(19)18-11-5-3-2-4-6-11/h10-11,17H,2-9H2,1H3,(H,18,19). The van der Waals surface area contributed by atoms with Gasteiger partial charge in [-0.05, 0) is 19.8 Å². The minimum Gasteiger partial charge on any atom is -0.371 e. The molecule has 0 spiro atoms. The van der Waals surface area contributed by atoms with Gasteiger partial charge in [0, 0.05) is 12.6 Å². The molecule has 1 saturated carbocycles. The molecule has 1 rings (SSSR count). The predicted octanol–water partition coefficient (Wildman–Crippen LogP) is 1.99. The van der Waals surface area contributed by atoms with Gasteiger partial charge < -0.3 is 15.4 Å². The fraction of sp³-hybridized carbons (Fsp3) is 0.923. The van der Waals surface area contributed by atoms with Gasteiger partial charge in [0.15, 0.2) is 0 Å². The first-order valence-electron chi connectivity index (χ1n) is 7.07. The number of halogens is 3. The Kier molecular flexibility index (Phi) is 7.29. The number of alkyl halides is 3. The molecule has 0 heterocycles. The van der Waals surface area contributed by atoms with Gasteiger partial charge in [-0.25, -0.2) is 0 Å². The molecule has 7 heteroatoms. The van der Waals surface area contributed by atoms with Crippen molar-refractivity contribution < 1.29 is 22.7 Å². The fourth-order valence-corrected chi connectivity index (χ4v) is 2.20. The third-order valence-electron chi connectivity index (χ3n) is 3.31. The second-order valence-electron chi connectivity index (χ2n) is 5.19. The summed E-state index contributed by atoms with van der Waals surface area (Å²) in [5.41, 5.74) is 0. The molecule has 1 unspecified atom stereocenters. The molecule has 0 radical (unpaired) electrons. The summed E-state index contributed by atoms with van der Waals surface area (Å²) in [5.74, 6) is -0.104. The summed E-state index contributed by atoms with van der Waals surface area (Å²) in [5, 5.41) is 5.82. The molecular formula is C13H23F3N2O2. The van der Waals surface area contributed by atoms with Crippen LogP contribution in [-0.2, 0) is 9.53 Å². The van der Waals surface area contributed by atoms with Gasteiger partial charge in [-0.1, -0.05) is 19.3 Å². The van der Waals surface area contributed by atoms with E-state index in [1.54, 1.807) is 6.92 Å². The van der Waals surface area contributed by atoms with E-state index in [0.29, 0.717) is 0 Å². The summed E-state index contributed by atoms with van der Waals surface area (Å²) in [4.78, 5) is 11.8. The Hall–Kier alpha value is -0.820. The van der Waals surface area contributed by atoms with Crippen LogP contribution < -0.4 is 10.6 Å². The van der Waals surface area contributed by atoms with Crippen molar-refractivity contribution in [2.24, 2.45) is 0 Å². The average Bonchev–Trinajstić information content (AvgIpc) is 2.38. The van der Waals surface area contributed by atoms with Crippen molar-refractivity contribution in [2.75, 3.05) is 19.8 Å². The van der Waals surface area contributed by atoms with Crippen molar-refractivity contribution in [1.82, 2.24) is 10.6 Å². The highest BCUT2D eigenvalue weighted by Crippen LogP contribution is 2.17. The van der Waals surface area contributed by atoms with E-state index < -0.39 is 18.8 Å². The van der Waals surface area contributed by atoms with Crippen LogP contribution in [0.15, 0.2) is 0 Å². The zero-order valence-electron chi connectivity index (χ0n) is 11.8. The molecule has 1 aliphatic rings. The van der Waals surface area contributed by atoms with E-state index in [2.05, 4.69) is 15.4 Å². The molecule has 20 heavy (non-hydrogen) atoms. The predicted molar refractivity (Wildman–Crippen MR) is 69.4 cm³/mol. The van der Waals surface area contributed by atoms with E-state index in [4.69, 9.17) is 0 Å². The normalized spacial score (nSPS) is 18.8. The number of nitrogens with one attached hydrogen (secondary N) is 2. The number of ether oxygens (including phenoxy) is 1. The Morgan fingerprint density at radius 1 is 1.30 bits per heavy atom. The maximum absolute atomic E-state index is 11.8. The molecule has 0 bridgehead atoms. The van der Waals surface area contributed by atoms with Gasteiger partial charge in [0.1, 0.15) is 6.61 Å². The van der Waals surface area contributed by atoms with Gasteiger partial charge in [-0.2, -0.15) is 13.2 Å². The number of carbonyl (C=O) groups excluding carboxylic acids is 1. The van der Waals surface area contributed by atoms with Crippen LogP contribution in [-0.4, -0.2) is 43.9 Å². The van der Waals surface area contributed by atoms with Crippen molar-refractivity contribution in [3.05, 3.63) is 0 Å². The maximum Gasteiger partial charge on any atom is 0.411 e. The zero-order chi connectivity index (χ0) is 15.0. The van der Waals surface area contributed by atoms with Crippen molar-refractivity contribution in [2.45, 2.75) is 57.3 Å². The zero-order valence-corrected chi connectivity index (χ0v) is 11.8. The van der Waals surface area contributed by atoms with E-state index in [-0.39, 0.29) is 25.1 Å². The van der Waals surface area contributed by atoms with Gasteiger partial charge in [-0.3, -0.25) is 4.79 Å². The van der Waals surface area contributed by atoms with Crippen molar-refractivity contribution in [3.8, 4) is 0 Å². The van der Waals surface area contributed by atoms with Crippen LogP contribution in [0, 0.1) is 0 Å². The van der Waals surface area contributed by atoms with E-state index in [0.717, 1.165) is 25.7 Å². The van der Waals surface area contributed by atoms with Gasteiger partial charge in [-0.15, -0.1) is 0 Å². The Morgan fingerprint density at radius 2 is 1.95 bits per heavy atom. The molecule has 0 saturated heterocycles. The van der Waals surface area contributed by atoms with Crippen LogP contribution in [0.4, 0.5) is 13.2 Å². The lowest BCUT2D eigenvalue weighted by Crippen LogP contribution is -2.47. The lowest BCUT2D eigenvalue weighted by Gasteiger charge is -2.24. The number of amides is 1. The highest BCUT2D eigenvalue weighted by atomic mass is 19.4. The smallest absolute Gasteiger partial charge is 0.371 e. The van der Waals surface area contributed by atoms with Crippen LogP contribution in [0.2, 0.25) is 0 Å². The maximum atomic E-state index is 11.8. The Morgan fingerprint density at radius 3 is 2.55 bits per heavy atom. The molecule has 0 aromatic rings. The molecule has 0 aromatic heterocycles. The molecule has 4 nitrogen and oxygen atoms in total. The molecule has 2 N–H and O–H groups in total. The van der Waals surface area contributed by atoms with Crippen LogP contribution in [0.1, 0.15) is 39.0 Å². The number of rotatable bonds is 7. The van der Waals surface area contributed by atoms with E-state index >= 15 is 0 Å². The monoisotopic (exact) mass is 296 g/mol. The number of hydrogen-bond acceptors (Lipinski definition) is 3. The molecule has 1 fully saturated rings. The summed E-state index contributed by atoms with van der Waals surface area (Å²) in [6.07, 6.45) is 1.21. The molecule has 118 valence electrons. The summed E-state index contributed by atoms with van der Waals surface area (Å²) < 4.78 is 39.9. The molecular weight excluding hydrogens is 273 g/mol. The second kappa shape index (κ2) is 8.46. The molecule has 1 aliphatic carbocycles. The minimum atomic E-state index is -4.30. The van der Waals surface area contributed by atoms with Crippen molar-refractivity contribution >= 4 is 5.91 Å². The largest absolute Gasteiger partial charge is 0.411 e.